The van der Waals surface area contributed by atoms with Gasteiger partial charge in [0, 0.05) is 49.0 Å². The summed E-state index contributed by atoms with van der Waals surface area (Å²) in [5.74, 6) is 6.27. The summed E-state index contributed by atoms with van der Waals surface area (Å²) in [7, 11) is 1.66. The molecule has 2 N–H and O–H groups in total. The number of hydrogen-bond acceptors (Lipinski definition) is 5. The molecule has 0 aliphatic carbocycles. The fraction of sp³-hybridized carbons (Fsp3) is 0.296. The summed E-state index contributed by atoms with van der Waals surface area (Å²) in [6.45, 7) is 3.98. The van der Waals surface area contributed by atoms with Crippen LogP contribution in [0.1, 0.15) is 24.5 Å². The highest BCUT2D eigenvalue weighted by atomic mass is 32.2. The van der Waals surface area contributed by atoms with Crippen molar-refractivity contribution in [3.05, 3.63) is 71.8 Å². The van der Waals surface area contributed by atoms with E-state index in [4.69, 9.17) is 9.84 Å². The topological polar surface area (TPSA) is 93.5 Å². The first-order valence-electron chi connectivity index (χ1n) is 11.7. The van der Waals surface area contributed by atoms with Gasteiger partial charge in [0.2, 0.25) is 11.3 Å². The van der Waals surface area contributed by atoms with E-state index >= 15 is 0 Å². The molecule has 36 heavy (non-hydrogen) atoms. The fourth-order valence-corrected chi connectivity index (χ4v) is 5.09. The van der Waals surface area contributed by atoms with Crippen LogP contribution < -0.4 is 9.64 Å². The van der Waals surface area contributed by atoms with E-state index in [1.807, 2.05) is 48.5 Å². The highest BCUT2D eigenvalue weighted by molar-refractivity contribution is 7.76. The molecular weight excluding hydrogens is 478 g/mol. The Labute approximate surface area is 213 Å². The van der Waals surface area contributed by atoms with Crippen molar-refractivity contribution in [2.45, 2.75) is 19.4 Å². The molecule has 4 rings (SSSR count). The van der Waals surface area contributed by atoms with Gasteiger partial charge in [-0.05, 0) is 66.2 Å². The summed E-state index contributed by atoms with van der Waals surface area (Å²) in [4.78, 5) is 13.2. The Hall–Kier alpha value is -3.42. The van der Waals surface area contributed by atoms with Gasteiger partial charge in [-0.2, -0.15) is 0 Å². The predicted octanol–water partition coefficient (Wildman–Crippen LogP) is 3.59. The molecule has 3 aromatic carbocycles. The van der Waals surface area contributed by atoms with Crippen molar-refractivity contribution in [3.63, 3.8) is 0 Å². The second kappa shape index (κ2) is 11.5. The van der Waals surface area contributed by atoms with Crippen molar-refractivity contribution < 1.29 is 23.4 Å². The lowest BCUT2D eigenvalue weighted by molar-refractivity contribution is -0.139. The van der Waals surface area contributed by atoms with Crippen LogP contribution >= 0.6 is 0 Å². The second-order valence-corrected chi connectivity index (χ2v) is 9.48. The van der Waals surface area contributed by atoms with Gasteiger partial charge in [-0.25, -0.2) is 9.22 Å². The number of carboxylic acids is 1. The Balaban J connectivity index is 1.39. The number of nitrogens with zero attached hydrogens (tertiary/aromatic N) is 3. The Morgan fingerprint density at radius 1 is 1.00 bits per heavy atom. The average molecular weight is 508 g/mol. The van der Waals surface area contributed by atoms with E-state index in [0.717, 1.165) is 33.3 Å². The SMILES string of the molecule is COc1ccc2ccc(C#Cc3ccc(N4CCN(N(C(C)CC(=O)O)S(=O)O)CC4)cc3)cc2c1. The van der Waals surface area contributed by atoms with Gasteiger partial charge in [-0.1, -0.05) is 24.0 Å². The highest BCUT2D eigenvalue weighted by Crippen LogP contribution is 2.22. The Morgan fingerprint density at radius 2 is 1.64 bits per heavy atom. The Bertz CT molecular complexity index is 1310. The number of hydrazine groups is 1. The fourth-order valence-electron chi connectivity index (χ4n) is 4.34. The summed E-state index contributed by atoms with van der Waals surface area (Å²) in [6, 6.07) is 19.5. The van der Waals surface area contributed by atoms with Crippen molar-refractivity contribution in [1.29, 1.82) is 0 Å². The molecule has 0 amide bonds. The van der Waals surface area contributed by atoms with Crippen LogP contribution in [0.5, 0.6) is 5.75 Å². The van der Waals surface area contributed by atoms with Crippen molar-refractivity contribution >= 4 is 33.7 Å². The van der Waals surface area contributed by atoms with Crippen LogP contribution in [0, 0.1) is 11.8 Å². The van der Waals surface area contributed by atoms with E-state index in [0.29, 0.717) is 26.2 Å². The van der Waals surface area contributed by atoms with Crippen LogP contribution in [-0.4, -0.2) is 68.6 Å². The zero-order chi connectivity index (χ0) is 25.7. The lowest BCUT2D eigenvalue weighted by atomic mass is 10.1. The zero-order valence-electron chi connectivity index (χ0n) is 20.3. The standard InChI is InChI=1S/C27H29N3O5S/c1-20(17-27(31)32)30(36(33)34)29-15-13-28(14-16-29)25-10-6-21(7-11-25)3-4-22-5-8-23-9-12-26(35-2)19-24(23)18-22/h5-12,18-20H,13-17H2,1-2H3,(H,31,32)(H,33,34). The summed E-state index contributed by atoms with van der Waals surface area (Å²) in [6.07, 6.45) is -0.206. The number of anilines is 1. The summed E-state index contributed by atoms with van der Waals surface area (Å²) >= 11 is -2.28. The molecule has 0 bridgehead atoms. The Morgan fingerprint density at radius 3 is 2.28 bits per heavy atom. The van der Waals surface area contributed by atoms with E-state index in [9.17, 15) is 13.6 Å². The van der Waals surface area contributed by atoms with Crippen LogP contribution in [0.25, 0.3) is 10.8 Å². The quantitative estimate of drug-likeness (QED) is 0.373. The largest absolute Gasteiger partial charge is 0.497 e. The van der Waals surface area contributed by atoms with Crippen molar-refractivity contribution in [3.8, 4) is 17.6 Å². The van der Waals surface area contributed by atoms with E-state index in [-0.39, 0.29) is 6.42 Å². The van der Waals surface area contributed by atoms with E-state index < -0.39 is 23.3 Å². The molecule has 0 aromatic heterocycles. The van der Waals surface area contributed by atoms with Crippen LogP contribution in [-0.2, 0) is 16.1 Å². The predicted molar refractivity (Wildman–Crippen MR) is 141 cm³/mol. The Kier molecular flexibility index (Phi) is 8.23. The molecule has 0 spiro atoms. The molecule has 1 aliphatic rings. The van der Waals surface area contributed by atoms with Crippen molar-refractivity contribution in [2.24, 2.45) is 0 Å². The van der Waals surface area contributed by atoms with Crippen LogP contribution in [0.4, 0.5) is 5.69 Å². The molecule has 9 heteroatoms. The van der Waals surface area contributed by atoms with Crippen molar-refractivity contribution in [1.82, 2.24) is 9.42 Å². The van der Waals surface area contributed by atoms with Gasteiger partial charge >= 0.3 is 5.97 Å². The summed E-state index contributed by atoms with van der Waals surface area (Å²) in [5, 5.41) is 13.0. The number of methoxy groups -OCH3 is 1. The first-order chi connectivity index (χ1) is 17.3. The van der Waals surface area contributed by atoms with Gasteiger partial charge in [0.25, 0.3) is 0 Å². The smallest absolute Gasteiger partial charge is 0.305 e. The first-order valence-corrected chi connectivity index (χ1v) is 12.7. The van der Waals surface area contributed by atoms with Gasteiger partial charge in [0.15, 0.2) is 0 Å². The van der Waals surface area contributed by atoms with Crippen LogP contribution in [0.15, 0.2) is 60.7 Å². The molecule has 2 atom stereocenters. The number of piperazine rings is 1. The normalized spacial score (nSPS) is 15.8. The summed E-state index contributed by atoms with van der Waals surface area (Å²) in [5.41, 5.74) is 2.89. The molecule has 1 aliphatic heterocycles. The van der Waals surface area contributed by atoms with Crippen molar-refractivity contribution in [2.75, 3.05) is 38.2 Å². The minimum Gasteiger partial charge on any atom is -0.497 e. The van der Waals surface area contributed by atoms with Crippen LogP contribution in [0.3, 0.4) is 0 Å². The lowest BCUT2D eigenvalue weighted by Crippen LogP contribution is -2.57. The number of carboxylic acid groups (broad SMARTS) is 1. The molecule has 1 heterocycles. The number of hydrogen-bond donors (Lipinski definition) is 2. The zero-order valence-corrected chi connectivity index (χ0v) is 21.1. The number of carbonyl (C=O) groups is 1. The molecule has 8 nitrogen and oxygen atoms in total. The molecule has 1 fully saturated rings. The average Bonchev–Trinajstić information content (AvgIpc) is 2.87. The lowest BCUT2D eigenvalue weighted by Gasteiger charge is -2.41. The minimum atomic E-state index is -2.28. The van der Waals surface area contributed by atoms with Gasteiger partial charge in [-0.15, -0.1) is 4.41 Å². The monoisotopic (exact) mass is 507 g/mol. The number of fused-ring (bicyclic) bond motifs is 1. The first kappa shape index (κ1) is 25.7. The molecule has 188 valence electrons. The van der Waals surface area contributed by atoms with E-state index in [1.165, 1.54) is 4.41 Å². The summed E-state index contributed by atoms with van der Waals surface area (Å²) < 4.78 is 28.1. The van der Waals surface area contributed by atoms with Gasteiger partial charge in [-0.3, -0.25) is 9.35 Å². The molecular formula is C27H29N3O5S. The van der Waals surface area contributed by atoms with E-state index in [1.54, 1.807) is 19.0 Å². The van der Waals surface area contributed by atoms with Crippen LogP contribution in [0.2, 0.25) is 0 Å². The third-order valence-corrected chi connectivity index (χ3v) is 7.08. The molecule has 0 radical (unpaired) electrons. The molecule has 2 unspecified atom stereocenters. The van der Waals surface area contributed by atoms with E-state index in [2.05, 4.69) is 28.9 Å². The minimum absolute atomic E-state index is 0.206. The van der Waals surface area contributed by atoms with Gasteiger partial charge in [0.05, 0.1) is 13.5 Å². The highest BCUT2D eigenvalue weighted by Gasteiger charge is 2.30. The number of aliphatic carboxylic acids is 1. The third kappa shape index (κ3) is 6.22. The maximum absolute atomic E-state index is 11.8. The van der Waals surface area contributed by atoms with Gasteiger partial charge < -0.3 is 14.7 Å². The maximum Gasteiger partial charge on any atom is 0.305 e. The second-order valence-electron chi connectivity index (χ2n) is 8.65. The molecule has 1 saturated heterocycles. The number of ether oxygens (including phenoxy) is 1. The molecule has 3 aromatic rings. The number of rotatable bonds is 7. The molecule has 0 saturated carbocycles. The van der Waals surface area contributed by atoms with Gasteiger partial charge in [0.1, 0.15) is 5.75 Å². The third-order valence-electron chi connectivity index (χ3n) is 6.17. The number of benzene rings is 3. The maximum atomic E-state index is 11.8.